The van der Waals surface area contributed by atoms with Crippen LogP contribution in [0.4, 0.5) is 0 Å². The van der Waals surface area contributed by atoms with Gasteiger partial charge < -0.3 is 19.8 Å². The fraction of sp³-hybridized carbons (Fsp3) is 0.467. The van der Waals surface area contributed by atoms with Gasteiger partial charge in [-0.25, -0.2) is 4.79 Å². The Hall–Kier alpha value is -1.79. The standard InChI is InChI=1S/C15H18ClNO5/c1-10(22-12-4-2-3-11(16)9-12)13(18)17-7-5-15(21,6-8-17)14(19)20/h2-4,9-10,21H,5-8H2,1H3,(H,19,20). The van der Waals surface area contributed by atoms with E-state index in [0.717, 1.165) is 0 Å². The average Bonchev–Trinajstić information content (AvgIpc) is 2.47. The van der Waals surface area contributed by atoms with Crippen molar-refractivity contribution in [1.29, 1.82) is 0 Å². The third kappa shape index (κ3) is 3.69. The first kappa shape index (κ1) is 16.6. The van der Waals surface area contributed by atoms with Crippen LogP contribution in [0.25, 0.3) is 0 Å². The summed E-state index contributed by atoms with van der Waals surface area (Å²) in [5.41, 5.74) is -1.74. The summed E-state index contributed by atoms with van der Waals surface area (Å²) in [5, 5.41) is 19.3. The second-order valence-electron chi connectivity index (χ2n) is 5.38. The van der Waals surface area contributed by atoms with Crippen molar-refractivity contribution < 1.29 is 24.5 Å². The molecule has 0 aromatic heterocycles. The van der Waals surface area contributed by atoms with Crippen molar-refractivity contribution in [1.82, 2.24) is 4.90 Å². The molecule has 7 heteroatoms. The zero-order valence-corrected chi connectivity index (χ0v) is 12.9. The number of carboxylic acids is 1. The van der Waals surface area contributed by atoms with Crippen LogP contribution in [0.5, 0.6) is 5.75 Å². The zero-order chi connectivity index (χ0) is 16.3. The molecule has 1 unspecified atom stereocenters. The molecule has 0 spiro atoms. The number of aliphatic hydroxyl groups is 1. The highest BCUT2D eigenvalue weighted by Crippen LogP contribution is 2.24. The minimum Gasteiger partial charge on any atom is -0.481 e. The lowest BCUT2D eigenvalue weighted by molar-refractivity contribution is -0.166. The number of carbonyl (C=O) groups is 2. The maximum Gasteiger partial charge on any atom is 0.335 e. The maximum absolute atomic E-state index is 12.3. The lowest BCUT2D eigenvalue weighted by Gasteiger charge is -2.36. The maximum atomic E-state index is 12.3. The Kier molecular flexibility index (Phi) is 4.93. The first-order valence-corrected chi connectivity index (χ1v) is 7.36. The van der Waals surface area contributed by atoms with Gasteiger partial charge >= 0.3 is 5.97 Å². The topological polar surface area (TPSA) is 87.1 Å². The molecule has 2 rings (SSSR count). The number of carboxylic acid groups (broad SMARTS) is 1. The van der Waals surface area contributed by atoms with Crippen LogP contribution in [0, 0.1) is 0 Å². The van der Waals surface area contributed by atoms with Crippen molar-refractivity contribution in [2.24, 2.45) is 0 Å². The number of ether oxygens (including phenoxy) is 1. The number of aliphatic carboxylic acids is 1. The molecule has 6 nitrogen and oxygen atoms in total. The summed E-state index contributed by atoms with van der Waals surface area (Å²) in [6.07, 6.45) is -0.690. The van der Waals surface area contributed by atoms with E-state index in [4.69, 9.17) is 21.4 Å². The number of halogens is 1. The van der Waals surface area contributed by atoms with E-state index < -0.39 is 17.7 Å². The van der Waals surface area contributed by atoms with Gasteiger partial charge in [-0.3, -0.25) is 4.79 Å². The largest absolute Gasteiger partial charge is 0.481 e. The van der Waals surface area contributed by atoms with Crippen LogP contribution >= 0.6 is 11.6 Å². The van der Waals surface area contributed by atoms with Crippen molar-refractivity contribution in [2.45, 2.75) is 31.5 Å². The van der Waals surface area contributed by atoms with E-state index in [1.807, 2.05) is 0 Å². The van der Waals surface area contributed by atoms with Crippen LogP contribution in [0.1, 0.15) is 19.8 Å². The number of carbonyl (C=O) groups excluding carboxylic acids is 1. The number of benzene rings is 1. The highest BCUT2D eigenvalue weighted by Gasteiger charge is 2.41. The normalized spacial score (nSPS) is 18.6. The molecule has 1 aliphatic heterocycles. The lowest BCUT2D eigenvalue weighted by Crippen LogP contribution is -2.53. The second-order valence-corrected chi connectivity index (χ2v) is 5.82. The van der Waals surface area contributed by atoms with Gasteiger partial charge in [-0.05, 0) is 25.1 Å². The van der Waals surface area contributed by atoms with Crippen LogP contribution in [0.15, 0.2) is 24.3 Å². The van der Waals surface area contributed by atoms with Crippen molar-refractivity contribution in [2.75, 3.05) is 13.1 Å². The predicted octanol–water partition coefficient (Wildman–Crippen LogP) is 1.55. The summed E-state index contributed by atoms with van der Waals surface area (Å²) in [4.78, 5) is 24.8. The SMILES string of the molecule is CC(Oc1cccc(Cl)c1)C(=O)N1CCC(O)(C(=O)O)CC1. The van der Waals surface area contributed by atoms with E-state index in [9.17, 15) is 14.7 Å². The van der Waals surface area contributed by atoms with Gasteiger partial charge in [-0.2, -0.15) is 0 Å². The monoisotopic (exact) mass is 327 g/mol. The fourth-order valence-corrected chi connectivity index (χ4v) is 2.54. The number of likely N-dealkylation sites (tertiary alicyclic amines) is 1. The van der Waals surface area contributed by atoms with E-state index in [1.54, 1.807) is 31.2 Å². The molecule has 0 bridgehead atoms. The third-order valence-electron chi connectivity index (χ3n) is 3.76. The summed E-state index contributed by atoms with van der Waals surface area (Å²) < 4.78 is 5.56. The van der Waals surface area contributed by atoms with Gasteiger partial charge in [-0.15, -0.1) is 0 Å². The molecule has 1 aromatic carbocycles. The summed E-state index contributed by atoms with van der Waals surface area (Å²) in [6, 6.07) is 6.75. The summed E-state index contributed by atoms with van der Waals surface area (Å²) >= 11 is 5.86. The number of piperidine rings is 1. The highest BCUT2D eigenvalue weighted by molar-refractivity contribution is 6.30. The zero-order valence-electron chi connectivity index (χ0n) is 12.2. The van der Waals surface area contributed by atoms with Crippen molar-refractivity contribution in [3.8, 4) is 5.75 Å². The van der Waals surface area contributed by atoms with E-state index in [-0.39, 0.29) is 31.8 Å². The van der Waals surface area contributed by atoms with E-state index >= 15 is 0 Å². The molecule has 0 radical (unpaired) electrons. The number of hydrogen-bond acceptors (Lipinski definition) is 4. The predicted molar refractivity (Wildman–Crippen MR) is 79.9 cm³/mol. The smallest absolute Gasteiger partial charge is 0.335 e. The van der Waals surface area contributed by atoms with E-state index in [0.29, 0.717) is 10.8 Å². The first-order valence-electron chi connectivity index (χ1n) is 6.98. The summed E-state index contributed by atoms with van der Waals surface area (Å²) in [5.74, 6) is -0.998. The molecule has 0 aliphatic carbocycles. The van der Waals surface area contributed by atoms with Gasteiger partial charge in [0.1, 0.15) is 5.75 Å². The van der Waals surface area contributed by atoms with E-state index in [1.165, 1.54) is 4.90 Å². The van der Waals surface area contributed by atoms with Gasteiger partial charge in [0, 0.05) is 31.0 Å². The number of rotatable bonds is 4. The van der Waals surface area contributed by atoms with Crippen molar-refractivity contribution in [3.63, 3.8) is 0 Å². The van der Waals surface area contributed by atoms with Crippen molar-refractivity contribution in [3.05, 3.63) is 29.3 Å². The highest BCUT2D eigenvalue weighted by atomic mass is 35.5. The molecule has 1 saturated heterocycles. The van der Waals surface area contributed by atoms with Crippen LogP contribution in [0.3, 0.4) is 0 Å². The van der Waals surface area contributed by atoms with Crippen LogP contribution in [0.2, 0.25) is 5.02 Å². The number of hydrogen-bond donors (Lipinski definition) is 2. The molecule has 1 aliphatic rings. The van der Waals surface area contributed by atoms with Gasteiger partial charge in [-0.1, -0.05) is 17.7 Å². The Labute approximate surface area is 133 Å². The Morgan fingerprint density at radius 1 is 1.36 bits per heavy atom. The van der Waals surface area contributed by atoms with Crippen LogP contribution in [-0.2, 0) is 9.59 Å². The lowest BCUT2D eigenvalue weighted by atomic mass is 9.91. The van der Waals surface area contributed by atoms with Gasteiger partial charge in [0.05, 0.1) is 0 Å². The Morgan fingerprint density at radius 2 is 2.00 bits per heavy atom. The molecule has 1 heterocycles. The van der Waals surface area contributed by atoms with Crippen LogP contribution < -0.4 is 4.74 Å². The molecular weight excluding hydrogens is 310 g/mol. The molecule has 1 fully saturated rings. The average molecular weight is 328 g/mol. The number of nitrogens with zero attached hydrogens (tertiary/aromatic N) is 1. The summed E-state index contributed by atoms with van der Waals surface area (Å²) in [6.45, 7) is 2.00. The van der Waals surface area contributed by atoms with E-state index in [2.05, 4.69) is 0 Å². The third-order valence-corrected chi connectivity index (χ3v) is 3.99. The summed E-state index contributed by atoms with van der Waals surface area (Å²) in [7, 11) is 0. The molecule has 120 valence electrons. The van der Waals surface area contributed by atoms with Gasteiger partial charge in [0.2, 0.25) is 0 Å². The minimum atomic E-state index is -1.74. The van der Waals surface area contributed by atoms with Crippen LogP contribution in [-0.4, -0.2) is 51.8 Å². The number of amides is 1. The molecule has 0 saturated carbocycles. The Balaban J connectivity index is 1.93. The Bertz CT molecular complexity index is 569. The fourth-order valence-electron chi connectivity index (χ4n) is 2.36. The Morgan fingerprint density at radius 3 is 2.55 bits per heavy atom. The van der Waals surface area contributed by atoms with Crippen molar-refractivity contribution >= 4 is 23.5 Å². The quantitative estimate of drug-likeness (QED) is 0.876. The minimum absolute atomic E-state index is 0.0119. The molecule has 1 atom stereocenters. The molecule has 1 aromatic rings. The second kappa shape index (κ2) is 6.54. The van der Waals surface area contributed by atoms with Gasteiger partial charge in [0.25, 0.3) is 5.91 Å². The molecule has 22 heavy (non-hydrogen) atoms. The van der Waals surface area contributed by atoms with Gasteiger partial charge in [0.15, 0.2) is 11.7 Å². The molecule has 2 N–H and O–H groups in total. The molecule has 1 amide bonds. The first-order chi connectivity index (χ1) is 10.3. The molecular formula is C15H18ClNO5.